The van der Waals surface area contributed by atoms with Crippen molar-refractivity contribution in [2.45, 2.75) is 25.4 Å². The number of rotatable bonds is 2. The second kappa shape index (κ2) is 3.87. The van der Waals surface area contributed by atoms with Gasteiger partial charge in [0.2, 0.25) is 0 Å². The van der Waals surface area contributed by atoms with E-state index in [4.69, 9.17) is 5.11 Å². The van der Waals surface area contributed by atoms with Gasteiger partial charge in [0.05, 0.1) is 6.42 Å². The van der Waals surface area contributed by atoms with E-state index in [0.717, 1.165) is 13.1 Å². The van der Waals surface area contributed by atoms with Gasteiger partial charge in [-0.2, -0.15) is 0 Å². The zero-order valence-electron chi connectivity index (χ0n) is 7.58. The molecule has 0 aromatic rings. The Balaban J connectivity index is 2.46. The number of hydrogen-bond acceptors (Lipinski definition) is 3. The van der Waals surface area contributed by atoms with Crippen LogP contribution >= 0.6 is 0 Å². The Hall–Kier alpha value is -0.610. The van der Waals surface area contributed by atoms with Crippen molar-refractivity contribution in [1.82, 2.24) is 10.2 Å². The number of carboxylic acid groups (broad SMARTS) is 1. The third-order valence-electron chi connectivity index (χ3n) is 2.50. The van der Waals surface area contributed by atoms with Crippen LogP contribution in [0.15, 0.2) is 0 Å². The molecule has 2 N–H and O–H groups in total. The van der Waals surface area contributed by atoms with Crippen molar-refractivity contribution in [2.75, 3.05) is 20.1 Å². The first-order chi connectivity index (χ1) is 5.61. The molecule has 4 nitrogen and oxygen atoms in total. The fraction of sp³-hybridized carbons (Fsp3) is 0.875. The molecule has 0 spiro atoms. The first-order valence-electron chi connectivity index (χ1n) is 4.25. The number of carbonyl (C=O) groups is 1. The molecule has 0 saturated carbocycles. The molecule has 4 heteroatoms. The van der Waals surface area contributed by atoms with Gasteiger partial charge in [0.25, 0.3) is 0 Å². The second-order valence-electron chi connectivity index (χ2n) is 3.42. The van der Waals surface area contributed by atoms with Crippen molar-refractivity contribution >= 4 is 5.97 Å². The van der Waals surface area contributed by atoms with Gasteiger partial charge in [-0.15, -0.1) is 0 Å². The molecule has 0 amide bonds. The lowest BCUT2D eigenvalue weighted by Gasteiger charge is -2.37. The van der Waals surface area contributed by atoms with Crippen molar-refractivity contribution < 1.29 is 9.90 Å². The molecule has 2 atom stereocenters. The standard InChI is InChI=1S/C8H16N2O2/c1-6-4-9-5-7(10(6)2)3-8(11)12/h6-7,9H,3-5H2,1-2H3,(H,11,12)/t6-,7-/m0/s1. The summed E-state index contributed by atoms with van der Waals surface area (Å²) in [6, 6.07) is 0.578. The van der Waals surface area contributed by atoms with Crippen LogP contribution in [0.3, 0.4) is 0 Å². The average Bonchev–Trinajstić information content (AvgIpc) is 1.98. The van der Waals surface area contributed by atoms with Crippen molar-refractivity contribution in [3.63, 3.8) is 0 Å². The summed E-state index contributed by atoms with van der Waals surface area (Å²) in [7, 11) is 1.99. The van der Waals surface area contributed by atoms with Gasteiger partial charge in [0, 0.05) is 25.2 Å². The molecule has 1 rings (SSSR count). The Bertz CT molecular complexity index is 172. The molecular weight excluding hydrogens is 156 g/mol. The lowest BCUT2D eigenvalue weighted by atomic mass is 10.1. The number of nitrogens with one attached hydrogen (secondary N) is 1. The highest BCUT2D eigenvalue weighted by Crippen LogP contribution is 2.09. The van der Waals surface area contributed by atoms with E-state index < -0.39 is 5.97 Å². The van der Waals surface area contributed by atoms with E-state index in [9.17, 15) is 4.79 Å². The van der Waals surface area contributed by atoms with E-state index in [1.54, 1.807) is 0 Å². The molecule has 0 aromatic heterocycles. The summed E-state index contributed by atoms with van der Waals surface area (Å²) in [5.41, 5.74) is 0. The molecule has 1 fully saturated rings. The molecule has 0 bridgehead atoms. The molecule has 1 heterocycles. The number of piperazine rings is 1. The van der Waals surface area contributed by atoms with E-state index in [1.165, 1.54) is 0 Å². The second-order valence-corrected chi connectivity index (χ2v) is 3.42. The lowest BCUT2D eigenvalue weighted by Crippen LogP contribution is -2.54. The van der Waals surface area contributed by atoms with Gasteiger partial charge in [0.1, 0.15) is 0 Å². The third-order valence-corrected chi connectivity index (χ3v) is 2.50. The van der Waals surface area contributed by atoms with Crippen LogP contribution < -0.4 is 5.32 Å². The summed E-state index contributed by atoms with van der Waals surface area (Å²) in [6.07, 6.45) is 0.230. The summed E-state index contributed by atoms with van der Waals surface area (Å²) >= 11 is 0. The Morgan fingerprint density at radius 3 is 2.92 bits per heavy atom. The molecule has 0 aromatic carbocycles. The average molecular weight is 172 g/mol. The number of nitrogens with zero attached hydrogens (tertiary/aromatic N) is 1. The molecule has 0 unspecified atom stereocenters. The van der Waals surface area contributed by atoms with Crippen LogP contribution in [0.2, 0.25) is 0 Å². The van der Waals surface area contributed by atoms with Gasteiger partial charge < -0.3 is 10.4 Å². The summed E-state index contributed by atoms with van der Waals surface area (Å²) in [6.45, 7) is 3.83. The van der Waals surface area contributed by atoms with Gasteiger partial charge in [-0.25, -0.2) is 0 Å². The topological polar surface area (TPSA) is 52.6 Å². The highest BCUT2D eigenvalue weighted by molar-refractivity contribution is 5.67. The van der Waals surface area contributed by atoms with Crippen LogP contribution in [-0.4, -0.2) is 48.2 Å². The molecular formula is C8H16N2O2. The quantitative estimate of drug-likeness (QED) is 0.603. The fourth-order valence-electron chi connectivity index (χ4n) is 1.52. The van der Waals surface area contributed by atoms with Gasteiger partial charge in [0.15, 0.2) is 0 Å². The first kappa shape index (κ1) is 9.48. The molecule has 0 aliphatic carbocycles. The summed E-state index contributed by atoms with van der Waals surface area (Å²) in [5.74, 6) is -0.720. The van der Waals surface area contributed by atoms with Crippen LogP contribution in [0.25, 0.3) is 0 Å². The zero-order valence-corrected chi connectivity index (χ0v) is 7.58. The minimum atomic E-state index is -0.720. The minimum absolute atomic E-state index is 0.145. The maximum atomic E-state index is 10.5. The van der Waals surface area contributed by atoms with Crippen LogP contribution in [0.5, 0.6) is 0 Å². The number of aliphatic carboxylic acids is 1. The Kier molecular flexibility index (Phi) is 3.05. The molecule has 1 aliphatic rings. The van der Waals surface area contributed by atoms with Crippen LogP contribution in [0, 0.1) is 0 Å². The van der Waals surface area contributed by atoms with E-state index >= 15 is 0 Å². The Morgan fingerprint density at radius 1 is 1.67 bits per heavy atom. The van der Waals surface area contributed by atoms with E-state index in [1.807, 2.05) is 7.05 Å². The third kappa shape index (κ3) is 2.19. The lowest BCUT2D eigenvalue weighted by molar-refractivity contribution is -0.138. The van der Waals surface area contributed by atoms with Crippen LogP contribution in [0.4, 0.5) is 0 Å². The van der Waals surface area contributed by atoms with E-state index in [-0.39, 0.29) is 12.5 Å². The van der Waals surface area contributed by atoms with E-state index in [0.29, 0.717) is 6.04 Å². The van der Waals surface area contributed by atoms with Crippen molar-refractivity contribution in [3.05, 3.63) is 0 Å². The molecule has 0 radical (unpaired) electrons. The van der Waals surface area contributed by atoms with Crippen molar-refractivity contribution in [2.24, 2.45) is 0 Å². The van der Waals surface area contributed by atoms with Crippen molar-refractivity contribution in [1.29, 1.82) is 0 Å². The van der Waals surface area contributed by atoms with Gasteiger partial charge >= 0.3 is 5.97 Å². The Morgan fingerprint density at radius 2 is 2.33 bits per heavy atom. The molecule has 1 aliphatic heterocycles. The molecule has 1 saturated heterocycles. The summed E-state index contributed by atoms with van der Waals surface area (Å²) in [5, 5.41) is 11.8. The minimum Gasteiger partial charge on any atom is -0.481 e. The highest BCUT2D eigenvalue weighted by atomic mass is 16.4. The maximum absolute atomic E-state index is 10.5. The fourth-order valence-corrected chi connectivity index (χ4v) is 1.52. The first-order valence-corrected chi connectivity index (χ1v) is 4.25. The number of likely N-dealkylation sites (N-methyl/N-ethyl adjacent to an activating group) is 1. The molecule has 70 valence electrons. The summed E-state index contributed by atoms with van der Waals surface area (Å²) < 4.78 is 0. The zero-order chi connectivity index (χ0) is 9.14. The van der Waals surface area contributed by atoms with Crippen LogP contribution in [-0.2, 0) is 4.79 Å². The normalized spacial score (nSPS) is 31.8. The molecule has 12 heavy (non-hydrogen) atoms. The van der Waals surface area contributed by atoms with Gasteiger partial charge in [-0.3, -0.25) is 9.69 Å². The number of carboxylic acids is 1. The predicted octanol–water partition coefficient (Wildman–Crippen LogP) is -0.247. The van der Waals surface area contributed by atoms with Gasteiger partial charge in [-0.1, -0.05) is 0 Å². The SMILES string of the molecule is C[C@H]1CNC[C@H](CC(=O)O)N1C. The van der Waals surface area contributed by atoms with Crippen LogP contribution in [0.1, 0.15) is 13.3 Å². The van der Waals surface area contributed by atoms with E-state index in [2.05, 4.69) is 17.1 Å². The summed E-state index contributed by atoms with van der Waals surface area (Å²) in [4.78, 5) is 12.6. The maximum Gasteiger partial charge on any atom is 0.304 e. The Labute approximate surface area is 72.6 Å². The monoisotopic (exact) mass is 172 g/mol. The predicted molar refractivity (Wildman–Crippen MR) is 46.1 cm³/mol. The van der Waals surface area contributed by atoms with Crippen molar-refractivity contribution in [3.8, 4) is 0 Å². The number of hydrogen-bond donors (Lipinski definition) is 2. The smallest absolute Gasteiger partial charge is 0.304 e. The highest BCUT2D eigenvalue weighted by Gasteiger charge is 2.25. The largest absolute Gasteiger partial charge is 0.481 e. The van der Waals surface area contributed by atoms with Gasteiger partial charge in [-0.05, 0) is 14.0 Å².